The number of carbonyl (C=O) groups is 2. The van der Waals surface area contributed by atoms with Crippen molar-refractivity contribution in [3.8, 4) is 0 Å². The lowest BCUT2D eigenvalue weighted by atomic mass is 9.71. The van der Waals surface area contributed by atoms with E-state index in [1.807, 2.05) is 12.1 Å². The Bertz CT molecular complexity index is 959. The average Bonchev–Trinajstić information content (AvgIpc) is 3.33. The van der Waals surface area contributed by atoms with Gasteiger partial charge in [-0.3, -0.25) is 20.1 Å². The van der Waals surface area contributed by atoms with Crippen LogP contribution in [0.3, 0.4) is 0 Å². The molecular formula is C23H31N7O3. The van der Waals surface area contributed by atoms with E-state index in [4.69, 9.17) is 15.7 Å². The van der Waals surface area contributed by atoms with Gasteiger partial charge in [-0.05, 0) is 57.7 Å². The number of hydrogen-bond acceptors (Lipinski definition) is 8. The molecule has 0 radical (unpaired) electrons. The third kappa shape index (κ3) is 4.27. The predicted molar refractivity (Wildman–Crippen MR) is 121 cm³/mol. The number of nitrogens with zero attached hydrogens (tertiary/aromatic N) is 5. The first-order valence-electron chi connectivity index (χ1n) is 11.5. The van der Waals surface area contributed by atoms with Crippen molar-refractivity contribution < 1.29 is 14.3 Å². The van der Waals surface area contributed by atoms with Crippen LogP contribution in [-0.4, -0.2) is 58.7 Å². The number of amides is 1. The topological polar surface area (TPSA) is 126 Å². The van der Waals surface area contributed by atoms with Crippen LogP contribution in [0.4, 0.5) is 5.69 Å². The van der Waals surface area contributed by atoms with Gasteiger partial charge in [0.2, 0.25) is 5.91 Å². The van der Waals surface area contributed by atoms with Crippen molar-refractivity contribution in [3.05, 3.63) is 35.3 Å². The summed E-state index contributed by atoms with van der Waals surface area (Å²) in [6.07, 6.45) is 7.06. The lowest BCUT2D eigenvalue weighted by molar-refractivity contribution is -0.138. The molecule has 2 fully saturated rings. The molecule has 2 aliphatic heterocycles. The summed E-state index contributed by atoms with van der Waals surface area (Å²) >= 11 is 0. The van der Waals surface area contributed by atoms with Crippen LogP contribution in [0.5, 0.6) is 0 Å². The maximum Gasteiger partial charge on any atom is 0.336 e. The third-order valence-electron chi connectivity index (χ3n) is 7.42. The van der Waals surface area contributed by atoms with Crippen molar-refractivity contribution in [1.82, 2.24) is 14.8 Å². The number of cyclic esters (lactones) is 1. The minimum absolute atomic E-state index is 0.157. The highest BCUT2D eigenvalue weighted by molar-refractivity contribution is 5.94. The fourth-order valence-electron chi connectivity index (χ4n) is 5.32. The van der Waals surface area contributed by atoms with Crippen molar-refractivity contribution in [1.29, 1.82) is 10.9 Å². The van der Waals surface area contributed by atoms with E-state index in [1.165, 1.54) is 0 Å². The Labute approximate surface area is 193 Å². The summed E-state index contributed by atoms with van der Waals surface area (Å²) < 4.78 is 5.12. The molecule has 1 aromatic rings. The molecule has 3 heterocycles. The van der Waals surface area contributed by atoms with Crippen LogP contribution >= 0.6 is 0 Å². The monoisotopic (exact) mass is 453 g/mol. The number of rotatable bonds is 8. The van der Waals surface area contributed by atoms with Crippen LogP contribution in [0.15, 0.2) is 34.8 Å². The molecule has 10 heteroatoms. The van der Waals surface area contributed by atoms with Crippen LogP contribution in [-0.2, 0) is 20.9 Å². The van der Waals surface area contributed by atoms with Crippen molar-refractivity contribution >= 4 is 23.9 Å². The molecule has 1 amide bonds. The Morgan fingerprint density at radius 3 is 2.61 bits per heavy atom. The zero-order chi connectivity index (χ0) is 23.6. The second-order valence-corrected chi connectivity index (χ2v) is 9.01. The van der Waals surface area contributed by atoms with Gasteiger partial charge in [-0.15, -0.1) is 0 Å². The molecule has 3 aliphatic rings. The summed E-state index contributed by atoms with van der Waals surface area (Å²) in [4.78, 5) is 33.8. The lowest BCUT2D eigenvalue weighted by Crippen LogP contribution is -2.43. The van der Waals surface area contributed by atoms with Gasteiger partial charge in [0.05, 0.1) is 34.3 Å². The Morgan fingerprint density at radius 1 is 1.30 bits per heavy atom. The van der Waals surface area contributed by atoms with Gasteiger partial charge in [0.25, 0.3) is 0 Å². The number of hydrogen-bond donors (Lipinski definition) is 2. The fraction of sp³-hybridized carbons (Fsp3) is 0.565. The number of esters is 1. The van der Waals surface area contributed by atoms with Crippen LogP contribution in [0.25, 0.3) is 0 Å². The summed E-state index contributed by atoms with van der Waals surface area (Å²) in [5.74, 6) is -0.160. The molecule has 1 saturated heterocycles. The van der Waals surface area contributed by atoms with Gasteiger partial charge in [-0.1, -0.05) is 12.1 Å². The summed E-state index contributed by atoms with van der Waals surface area (Å²) in [6, 6.07) is 4.11. The smallest absolute Gasteiger partial charge is 0.336 e. The zero-order valence-electron chi connectivity index (χ0n) is 19.2. The van der Waals surface area contributed by atoms with Crippen molar-refractivity contribution in [3.63, 3.8) is 0 Å². The number of carbonyl (C=O) groups excluding carboxylic acids is 2. The quantitative estimate of drug-likeness (QED) is 0.205. The van der Waals surface area contributed by atoms with Crippen LogP contribution in [0, 0.1) is 16.4 Å². The normalized spacial score (nSPS) is 25.2. The molecule has 1 spiro atoms. The van der Waals surface area contributed by atoms with Gasteiger partial charge in [-0.2, -0.15) is 5.53 Å². The second-order valence-electron chi connectivity index (χ2n) is 9.01. The highest BCUT2D eigenvalue weighted by Gasteiger charge is 2.50. The summed E-state index contributed by atoms with van der Waals surface area (Å²) in [5, 5.41) is 11.7. The van der Waals surface area contributed by atoms with E-state index < -0.39 is 0 Å². The summed E-state index contributed by atoms with van der Waals surface area (Å²) in [7, 11) is 0. The summed E-state index contributed by atoms with van der Waals surface area (Å²) in [6.45, 7) is 6.35. The lowest BCUT2D eigenvalue weighted by Gasteiger charge is -2.40. The second kappa shape index (κ2) is 9.38. The largest absolute Gasteiger partial charge is 0.456 e. The Morgan fingerprint density at radius 2 is 2.06 bits per heavy atom. The van der Waals surface area contributed by atoms with Gasteiger partial charge in [0, 0.05) is 19.1 Å². The minimum atomic E-state index is -0.317. The predicted octanol–water partition coefficient (Wildman–Crippen LogP) is 3.26. The SMILES string of the molecule is CCN(Cc1ccc(N(C=N)N=N)cn1)C1CCC2(CC1)CCN(C1=C(C)C(=O)OC1)C2=O. The first-order chi connectivity index (χ1) is 15.9. The van der Waals surface area contributed by atoms with Gasteiger partial charge >= 0.3 is 5.97 Å². The van der Waals surface area contributed by atoms with Gasteiger partial charge in [0.1, 0.15) is 12.9 Å². The van der Waals surface area contributed by atoms with Crippen molar-refractivity contribution in [2.24, 2.45) is 10.6 Å². The number of ether oxygens (including phenoxy) is 1. The molecule has 1 saturated carbocycles. The van der Waals surface area contributed by atoms with Crippen LogP contribution < -0.4 is 5.01 Å². The first-order valence-corrected chi connectivity index (χ1v) is 11.5. The van der Waals surface area contributed by atoms with E-state index in [-0.39, 0.29) is 23.9 Å². The first kappa shape index (κ1) is 23.0. The molecule has 0 unspecified atom stereocenters. The van der Waals surface area contributed by atoms with Gasteiger partial charge in [-0.25, -0.2) is 9.80 Å². The molecule has 10 nitrogen and oxygen atoms in total. The Balaban J connectivity index is 1.38. The molecule has 176 valence electrons. The van der Waals surface area contributed by atoms with Crippen LogP contribution in [0.1, 0.15) is 51.6 Å². The molecule has 0 aromatic carbocycles. The summed E-state index contributed by atoms with van der Waals surface area (Å²) in [5.41, 5.74) is 9.59. The Hall–Kier alpha value is -3.14. The molecule has 4 rings (SSSR count). The standard InChI is InChI=1S/C23H31N7O3/c1-3-28(13-17-4-5-19(12-26-17)30(15-24)27-25)18-6-8-23(9-7-18)10-11-29(22(23)32)20-14-33-21(31)16(20)2/h4-5,12,15,18,24-25H,3,6-11,13-14H2,1-2H3. The number of anilines is 1. The highest BCUT2D eigenvalue weighted by Crippen LogP contribution is 2.47. The van der Waals surface area contributed by atoms with Crippen LogP contribution in [0.2, 0.25) is 0 Å². The van der Waals surface area contributed by atoms with E-state index in [9.17, 15) is 9.59 Å². The molecule has 1 aliphatic carbocycles. The Kier molecular flexibility index (Phi) is 6.55. The molecule has 0 atom stereocenters. The fourth-order valence-corrected chi connectivity index (χ4v) is 5.32. The molecular weight excluding hydrogens is 422 g/mol. The van der Waals surface area contributed by atoms with Crippen molar-refractivity contribution in [2.75, 3.05) is 24.7 Å². The number of aromatic nitrogens is 1. The van der Waals surface area contributed by atoms with E-state index in [1.54, 1.807) is 18.0 Å². The molecule has 33 heavy (non-hydrogen) atoms. The molecule has 1 aromatic heterocycles. The van der Waals surface area contributed by atoms with Crippen molar-refractivity contribution in [2.45, 2.75) is 58.5 Å². The number of likely N-dealkylation sites (tertiary alicyclic amines) is 1. The third-order valence-corrected chi connectivity index (χ3v) is 7.42. The van der Waals surface area contributed by atoms with Gasteiger partial charge in [0.15, 0.2) is 0 Å². The van der Waals surface area contributed by atoms with E-state index in [0.717, 1.165) is 61.4 Å². The maximum atomic E-state index is 13.4. The average molecular weight is 454 g/mol. The number of pyridine rings is 1. The zero-order valence-corrected chi connectivity index (χ0v) is 19.2. The number of nitrogens with one attached hydrogen (secondary N) is 2. The molecule has 2 N–H and O–H groups in total. The maximum absolute atomic E-state index is 13.4. The van der Waals surface area contributed by atoms with E-state index in [0.29, 0.717) is 30.4 Å². The van der Waals surface area contributed by atoms with E-state index in [2.05, 4.69) is 22.0 Å². The highest BCUT2D eigenvalue weighted by atomic mass is 16.5. The van der Waals surface area contributed by atoms with E-state index >= 15 is 0 Å². The minimum Gasteiger partial charge on any atom is -0.456 e. The molecule has 0 bridgehead atoms. The van der Waals surface area contributed by atoms with Gasteiger partial charge < -0.3 is 9.64 Å².